The standard InChI is InChI=1S/C22H17BrN2O/c23-14-8-6-13(7-9-14)20-16-10-11-17-15(3-2-12-24-17)22(16)25-18-4-1-5-19(26)21(18)20/h2-3,6-12,20,25H,1,4-5H2. The number of benzene rings is 2. The molecule has 0 saturated carbocycles. The Hall–Kier alpha value is -2.46. The maximum absolute atomic E-state index is 12.8. The van der Waals surface area contributed by atoms with Gasteiger partial charge in [0.05, 0.1) is 11.2 Å². The van der Waals surface area contributed by atoms with Gasteiger partial charge < -0.3 is 5.32 Å². The zero-order chi connectivity index (χ0) is 17.7. The van der Waals surface area contributed by atoms with E-state index in [1.54, 1.807) is 0 Å². The van der Waals surface area contributed by atoms with Crippen molar-refractivity contribution in [3.8, 4) is 0 Å². The Bertz CT molecular complexity index is 1070. The number of nitrogens with zero attached hydrogens (tertiary/aromatic N) is 1. The van der Waals surface area contributed by atoms with Gasteiger partial charge in [-0.05, 0) is 54.3 Å². The Morgan fingerprint density at radius 2 is 1.88 bits per heavy atom. The number of rotatable bonds is 1. The predicted molar refractivity (Wildman–Crippen MR) is 107 cm³/mol. The molecule has 0 bridgehead atoms. The van der Waals surface area contributed by atoms with Gasteiger partial charge in [-0.1, -0.05) is 34.1 Å². The van der Waals surface area contributed by atoms with Crippen LogP contribution in [0.1, 0.15) is 36.3 Å². The van der Waals surface area contributed by atoms with Crippen LogP contribution in [-0.2, 0) is 4.79 Å². The van der Waals surface area contributed by atoms with E-state index < -0.39 is 0 Å². The summed E-state index contributed by atoms with van der Waals surface area (Å²) in [6.45, 7) is 0. The second-order valence-corrected chi connectivity index (χ2v) is 7.79. The molecule has 1 aromatic heterocycles. The quantitative estimate of drug-likeness (QED) is 0.576. The first-order valence-corrected chi connectivity index (χ1v) is 9.68. The molecule has 1 unspecified atom stereocenters. The van der Waals surface area contributed by atoms with Crippen LogP contribution in [0.3, 0.4) is 0 Å². The number of carbonyl (C=O) groups is 1. The molecule has 0 saturated heterocycles. The molecule has 3 aromatic rings. The molecule has 2 heterocycles. The molecule has 26 heavy (non-hydrogen) atoms. The summed E-state index contributed by atoms with van der Waals surface area (Å²) >= 11 is 3.51. The Morgan fingerprint density at radius 3 is 2.73 bits per heavy atom. The molecule has 2 aromatic carbocycles. The molecule has 4 heteroatoms. The van der Waals surface area contributed by atoms with Crippen LogP contribution >= 0.6 is 15.9 Å². The predicted octanol–water partition coefficient (Wildman–Crippen LogP) is 5.56. The van der Waals surface area contributed by atoms with Gasteiger partial charge in [-0.2, -0.15) is 0 Å². The number of anilines is 1. The number of halogens is 1. The van der Waals surface area contributed by atoms with Gasteiger partial charge in [0.15, 0.2) is 5.78 Å². The van der Waals surface area contributed by atoms with Crippen LogP contribution in [0, 0.1) is 0 Å². The van der Waals surface area contributed by atoms with Gasteiger partial charge in [-0.15, -0.1) is 0 Å². The summed E-state index contributed by atoms with van der Waals surface area (Å²) < 4.78 is 1.04. The molecule has 1 aliphatic heterocycles. The van der Waals surface area contributed by atoms with Crippen LogP contribution < -0.4 is 5.32 Å². The highest BCUT2D eigenvalue weighted by molar-refractivity contribution is 9.10. The Kier molecular flexibility index (Phi) is 3.68. The van der Waals surface area contributed by atoms with Crippen LogP contribution in [0.5, 0.6) is 0 Å². The summed E-state index contributed by atoms with van der Waals surface area (Å²) in [6.07, 6.45) is 4.29. The SMILES string of the molecule is O=C1CCCC2=C1C(c1ccc(Br)cc1)c1ccc3ncccc3c1N2. The van der Waals surface area contributed by atoms with Gasteiger partial charge in [0.2, 0.25) is 0 Å². The number of hydrogen-bond donors (Lipinski definition) is 1. The van der Waals surface area contributed by atoms with Crippen molar-refractivity contribution in [3.05, 3.63) is 81.6 Å². The highest BCUT2D eigenvalue weighted by Gasteiger charge is 2.35. The lowest BCUT2D eigenvalue weighted by atomic mass is 9.75. The Morgan fingerprint density at radius 1 is 1.04 bits per heavy atom. The molecular weight excluding hydrogens is 388 g/mol. The van der Waals surface area contributed by atoms with Gasteiger partial charge >= 0.3 is 0 Å². The number of Topliss-reactive ketones (excluding diaryl/α,β-unsaturated/α-hetero) is 1. The third-order valence-corrected chi connectivity index (χ3v) is 5.88. The van der Waals surface area contributed by atoms with E-state index in [9.17, 15) is 4.79 Å². The van der Waals surface area contributed by atoms with Crippen LogP contribution in [0.4, 0.5) is 5.69 Å². The third kappa shape index (κ3) is 2.40. The van der Waals surface area contributed by atoms with E-state index in [4.69, 9.17) is 0 Å². The molecule has 3 nitrogen and oxygen atoms in total. The van der Waals surface area contributed by atoms with Crippen molar-refractivity contribution in [2.75, 3.05) is 5.32 Å². The van der Waals surface area contributed by atoms with Crippen molar-refractivity contribution in [2.45, 2.75) is 25.2 Å². The maximum Gasteiger partial charge on any atom is 0.161 e. The molecule has 1 atom stereocenters. The monoisotopic (exact) mass is 404 g/mol. The number of nitrogens with one attached hydrogen (secondary N) is 1. The van der Waals surface area contributed by atoms with Gasteiger partial charge in [0.1, 0.15) is 0 Å². The van der Waals surface area contributed by atoms with E-state index in [2.05, 4.69) is 56.6 Å². The zero-order valence-corrected chi connectivity index (χ0v) is 15.7. The number of allylic oxidation sites excluding steroid dienone is 2. The van der Waals surface area contributed by atoms with Gasteiger partial charge in [0.25, 0.3) is 0 Å². The molecule has 2 aliphatic rings. The van der Waals surface area contributed by atoms with Crippen molar-refractivity contribution in [2.24, 2.45) is 0 Å². The van der Waals surface area contributed by atoms with E-state index >= 15 is 0 Å². The zero-order valence-electron chi connectivity index (χ0n) is 14.1. The second-order valence-electron chi connectivity index (χ2n) is 6.88. The van der Waals surface area contributed by atoms with Gasteiger partial charge in [-0.3, -0.25) is 9.78 Å². The Labute approximate surface area is 160 Å². The molecule has 1 aliphatic carbocycles. The molecule has 1 N–H and O–H groups in total. The summed E-state index contributed by atoms with van der Waals surface area (Å²) in [4.78, 5) is 17.3. The third-order valence-electron chi connectivity index (χ3n) is 5.35. The second kappa shape index (κ2) is 6.06. The number of aromatic nitrogens is 1. The van der Waals surface area contributed by atoms with Crippen molar-refractivity contribution in [3.63, 3.8) is 0 Å². The average Bonchev–Trinajstić information content (AvgIpc) is 2.67. The number of pyridine rings is 1. The number of hydrogen-bond acceptors (Lipinski definition) is 3. The first kappa shape index (κ1) is 15.8. The van der Waals surface area contributed by atoms with Crippen LogP contribution in [-0.4, -0.2) is 10.8 Å². The normalized spacial score (nSPS) is 19.1. The minimum Gasteiger partial charge on any atom is -0.358 e. The maximum atomic E-state index is 12.8. The fraction of sp³-hybridized carbons (Fsp3) is 0.182. The lowest BCUT2D eigenvalue weighted by molar-refractivity contribution is -0.116. The molecule has 5 rings (SSSR count). The lowest BCUT2D eigenvalue weighted by Crippen LogP contribution is -2.27. The number of fused-ring (bicyclic) bond motifs is 3. The minimum atomic E-state index is -0.0215. The molecule has 128 valence electrons. The van der Waals surface area contributed by atoms with Crippen molar-refractivity contribution >= 4 is 38.3 Å². The topological polar surface area (TPSA) is 42.0 Å². The first-order chi connectivity index (χ1) is 12.7. The fourth-order valence-corrected chi connectivity index (χ4v) is 4.45. The Balaban J connectivity index is 1.80. The van der Waals surface area contributed by atoms with Crippen LogP contribution in [0.15, 0.2) is 70.5 Å². The van der Waals surface area contributed by atoms with E-state index in [1.807, 2.05) is 24.4 Å². The number of ketones is 1. The molecule has 0 radical (unpaired) electrons. The molecule has 0 spiro atoms. The fourth-order valence-electron chi connectivity index (χ4n) is 4.19. The van der Waals surface area contributed by atoms with Crippen molar-refractivity contribution in [1.29, 1.82) is 0 Å². The summed E-state index contributed by atoms with van der Waals surface area (Å²) in [5, 5.41) is 4.70. The minimum absolute atomic E-state index is 0.0215. The van der Waals surface area contributed by atoms with Crippen LogP contribution in [0.2, 0.25) is 0 Å². The van der Waals surface area contributed by atoms with E-state index in [1.165, 1.54) is 0 Å². The van der Waals surface area contributed by atoms with Crippen LogP contribution in [0.25, 0.3) is 10.9 Å². The summed E-state index contributed by atoms with van der Waals surface area (Å²) in [6, 6.07) is 16.6. The smallest absolute Gasteiger partial charge is 0.161 e. The van der Waals surface area contributed by atoms with Gasteiger partial charge in [-0.25, -0.2) is 0 Å². The average molecular weight is 405 g/mol. The number of carbonyl (C=O) groups excluding carboxylic acids is 1. The molecule has 0 amide bonds. The van der Waals surface area contributed by atoms with E-state index in [0.717, 1.165) is 56.3 Å². The first-order valence-electron chi connectivity index (χ1n) is 8.89. The molecule has 0 fully saturated rings. The van der Waals surface area contributed by atoms with E-state index in [-0.39, 0.29) is 11.7 Å². The highest BCUT2D eigenvalue weighted by Crippen LogP contribution is 2.47. The molecular formula is C22H17BrN2O. The summed E-state index contributed by atoms with van der Waals surface area (Å²) in [5.41, 5.74) is 6.40. The largest absolute Gasteiger partial charge is 0.358 e. The van der Waals surface area contributed by atoms with Crippen molar-refractivity contribution in [1.82, 2.24) is 4.98 Å². The van der Waals surface area contributed by atoms with Gasteiger partial charge in [0, 0.05) is 39.7 Å². The van der Waals surface area contributed by atoms with E-state index in [0.29, 0.717) is 6.42 Å². The highest BCUT2D eigenvalue weighted by atomic mass is 79.9. The lowest BCUT2D eigenvalue weighted by Gasteiger charge is -2.34. The van der Waals surface area contributed by atoms with Crippen molar-refractivity contribution < 1.29 is 4.79 Å². The summed E-state index contributed by atoms with van der Waals surface area (Å²) in [7, 11) is 0. The summed E-state index contributed by atoms with van der Waals surface area (Å²) in [5.74, 6) is 0.246.